The Morgan fingerprint density at radius 1 is 1.40 bits per heavy atom. The van der Waals surface area contributed by atoms with Gasteiger partial charge in [0.25, 0.3) is 0 Å². The Morgan fingerprint density at radius 2 is 2.32 bits per heavy atom. The van der Waals surface area contributed by atoms with E-state index in [1.807, 2.05) is 34.8 Å². The minimum Gasteiger partial charge on any atom is -0.343 e. The fourth-order valence-corrected chi connectivity index (χ4v) is 3.67. The zero-order chi connectivity index (χ0) is 17.2. The van der Waals surface area contributed by atoms with Crippen LogP contribution in [0.4, 0.5) is 0 Å². The van der Waals surface area contributed by atoms with Crippen molar-refractivity contribution in [2.75, 3.05) is 13.1 Å². The third-order valence-corrected chi connectivity index (χ3v) is 5.07. The van der Waals surface area contributed by atoms with E-state index in [2.05, 4.69) is 27.2 Å². The number of amides is 1. The molecule has 1 aliphatic rings. The second kappa shape index (κ2) is 6.70. The molecule has 0 aliphatic carbocycles. The van der Waals surface area contributed by atoms with Crippen molar-refractivity contribution in [2.24, 2.45) is 0 Å². The molecule has 3 aromatic rings. The largest absolute Gasteiger partial charge is 0.343 e. The number of rotatable bonds is 4. The molecule has 0 bridgehead atoms. The van der Waals surface area contributed by atoms with E-state index >= 15 is 0 Å². The summed E-state index contributed by atoms with van der Waals surface area (Å²) in [4.78, 5) is 22.5. The van der Waals surface area contributed by atoms with Crippen molar-refractivity contribution in [1.82, 2.24) is 24.6 Å². The molecule has 1 N–H and O–H groups in total. The Kier molecular flexibility index (Phi) is 4.26. The maximum absolute atomic E-state index is 12.7. The fourth-order valence-electron chi connectivity index (χ4n) is 3.67. The maximum atomic E-state index is 12.7. The highest BCUT2D eigenvalue weighted by molar-refractivity contribution is 5.78. The number of carbonyl (C=O) groups excluding carboxylic acids is 1. The monoisotopic (exact) mass is 337 g/mol. The van der Waals surface area contributed by atoms with Gasteiger partial charge in [-0.15, -0.1) is 0 Å². The van der Waals surface area contributed by atoms with Crippen LogP contribution in [0.3, 0.4) is 0 Å². The van der Waals surface area contributed by atoms with Crippen LogP contribution in [0.15, 0.2) is 42.9 Å². The second-order valence-corrected chi connectivity index (χ2v) is 6.88. The average molecular weight is 337 g/mol. The summed E-state index contributed by atoms with van der Waals surface area (Å²) in [6, 6.07) is 8.17. The summed E-state index contributed by atoms with van der Waals surface area (Å²) in [6.07, 6.45) is 8.09. The molecule has 1 saturated heterocycles. The predicted octanol–water partition coefficient (Wildman–Crippen LogP) is 3.12. The third-order valence-electron chi connectivity index (χ3n) is 5.07. The molecule has 6 nitrogen and oxygen atoms in total. The number of likely N-dealkylation sites (tertiary alicyclic amines) is 1. The van der Waals surface area contributed by atoms with E-state index in [0.717, 1.165) is 37.0 Å². The normalized spacial score (nSPS) is 19.2. The van der Waals surface area contributed by atoms with Crippen molar-refractivity contribution >= 4 is 16.9 Å². The lowest BCUT2D eigenvalue weighted by Crippen LogP contribution is -2.40. The van der Waals surface area contributed by atoms with Gasteiger partial charge in [-0.2, -0.15) is 5.10 Å². The van der Waals surface area contributed by atoms with Gasteiger partial charge in [0.15, 0.2) is 0 Å². The van der Waals surface area contributed by atoms with Crippen molar-refractivity contribution in [2.45, 2.75) is 38.1 Å². The molecular weight excluding hydrogens is 314 g/mol. The molecule has 3 aromatic heterocycles. The lowest BCUT2D eigenvalue weighted by molar-refractivity contribution is -0.133. The molecule has 2 atom stereocenters. The number of aromatic amines is 1. The summed E-state index contributed by atoms with van der Waals surface area (Å²) in [5.74, 6) is 0.564. The highest BCUT2D eigenvalue weighted by atomic mass is 16.2. The summed E-state index contributed by atoms with van der Waals surface area (Å²) in [7, 11) is 0. The summed E-state index contributed by atoms with van der Waals surface area (Å²) in [6.45, 7) is 3.66. The third kappa shape index (κ3) is 3.29. The number of nitrogens with one attached hydrogen (secondary N) is 1. The SMILES string of the molecule is C[C@H](CC(=O)N1CCC[C@@H](c2cc3cccnc3[nH]2)C1)n1cccn1. The number of piperidine rings is 1. The second-order valence-electron chi connectivity index (χ2n) is 6.88. The van der Waals surface area contributed by atoms with Crippen LogP contribution in [0, 0.1) is 0 Å². The molecule has 1 aliphatic heterocycles. The van der Waals surface area contributed by atoms with E-state index < -0.39 is 0 Å². The van der Waals surface area contributed by atoms with Gasteiger partial charge in [0.05, 0.1) is 6.04 Å². The molecule has 4 rings (SSSR count). The first-order valence-electron chi connectivity index (χ1n) is 8.91. The van der Waals surface area contributed by atoms with E-state index in [-0.39, 0.29) is 11.9 Å². The lowest BCUT2D eigenvalue weighted by Gasteiger charge is -2.33. The Hall–Kier alpha value is -2.63. The van der Waals surface area contributed by atoms with E-state index in [4.69, 9.17) is 0 Å². The number of aromatic nitrogens is 4. The van der Waals surface area contributed by atoms with E-state index in [9.17, 15) is 4.79 Å². The van der Waals surface area contributed by atoms with Crippen LogP contribution in [0.25, 0.3) is 11.0 Å². The van der Waals surface area contributed by atoms with E-state index in [0.29, 0.717) is 12.3 Å². The van der Waals surface area contributed by atoms with Crippen molar-refractivity contribution in [1.29, 1.82) is 0 Å². The van der Waals surface area contributed by atoms with Gasteiger partial charge in [0, 0.05) is 55.1 Å². The molecule has 6 heteroatoms. The smallest absolute Gasteiger partial charge is 0.224 e. The first kappa shape index (κ1) is 15.9. The molecule has 25 heavy (non-hydrogen) atoms. The van der Waals surface area contributed by atoms with Crippen LogP contribution in [-0.4, -0.2) is 43.6 Å². The van der Waals surface area contributed by atoms with Gasteiger partial charge in [0.2, 0.25) is 5.91 Å². The van der Waals surface area contributed by atoms with Gasteiger partial charge in [-0.3, -0.25) is 9.48 Å². The van der Waals surface area contributed by atoms with Gasteiger partial charge >= 0.3 is 0 Å². The molecular formula is C19H23N5O. The molecule has 0 aromatic carbocycles. The van der Waals surface area contributed by atoms with Crippen molar-refractivity contribution in [3.05, 3.63) is 48.5 Å². The molecule has 1 fully saturated rings. The van der Waals surface area contributed by atoms with Gasteiger partial charge in [-0.25, -0.2) is 4.98 Å². The molecule has 130 valence electrons. The Balaban J connectivity index is 1.44. The Labute approximate surface area is 146 Å². The van der Waals surface area contributed by atoms with Crippen LogP contribution in [-0.2, 0) is 4.79 Å². The minimum absolute atomic E-state index is 0.0835. The van der Waals surface area contributed by atoms with Crippen LogP contribution in [0.5, 0.6) is 0 Å². The molecule has 0 unspecified atom stereocenters. The maximum Gasteiger partial charge on any atom is 0.224 e. The number of hydrogen-bond donors (Lipinski definition) is 1. The van der Waals surface area contributed by atoms with Gasteiger partial charge in [0.1, 0.15) is 5.65 Å². The average Bonchev–Trinajstić information content (AvgIpc) is 3.31. The molecule has 1 amide bonds. The number of hydrogen-bond acceptors (Lipinski definition) is 3. The Morgan fingerprint density at radius 3 is 3.12 bits per heavy atom. The lowest BCUT2D eigenvalue weighted by atomic mass is 9.94. The van der Waals surface area contributed by atoms with E-state index in [1.54, 1.807) is 12.4 Å². The number of carbonyl (C=O) groups is 1. The van der Waals surface area contributed by atoms with Crippen molar-refractivity contribution in [3.63, 3.8) is 0 Å². The van der Waals surface area contributed by atoms with E-state index in [1.165, 1.54) is 5.69 Å². The number of nitrogens with zero attached hydrogens (tertiary/aromatic N) is 4. The number of H-pyrrole nitrogens is 1. The quantitative estimate of drug-likeness (QED) is 0.795. The standard InChI is InChI=1S/C19H23N5O/c1-14(24-10-4-8-21-24)11-18(25)23-9-3-6-16(13-23)17-12-15-5-2-7-20-19(15)22-17/h2,4-5,7-8,10,12,14,16H,3,6,9,11,13H2,1H3,(H,20,22)/t14-,16-/m1/s1. The zero-order valence-electron chi connectivity index (χ0n) is 14.4. The fraction of sp³-hybridized carbons (Fsp3) is 0.421. The van der Waals surface area contributed by atoms with Gasteiger partial charge in [-0.1, -0.05) is 0 Å². The van der Waals surface area contributed by atoms with Crippen LogP contribution < -0.4 is 0 Å². The van der Waals surface area contributed by atoms with Crippen molar-refractivity contribution < 1.29 is 4.79 Å². The first-order chi connectivity index (χ1) is 12.2. The summed E-state index contributed by atoms with van der Waals surface area (Å²) in [5, 5.41) is 5.37. The number of pyridine rings is 1. The van der Waals surface area contributed by atoms with Crippen LogP contribution in [0.2, 0.25) is 0 Å². The highest BCUT2D eigenvalue weighted by Crippen LogP contribution is 2.29. The first-order valence-corrected chi connectivity index (χ1v) is 8.91. The van der Waals surface area contributed by atoms with Crippen molar-refractivity contribution in [3.8, 4) is 0 Å². The number of fused-ring (bicyclic) bond motifs is 1. The summed E-state index contributed by atoms with van der Waals surface area (Å²) < 4.78 is 1.85. The topological polar surface area (TPSA) is 66.8 Å². The van der Waals surface area contributed by atoms with Crippen LogP contribution >= 0.6 is 0 Å². The predicted molar refractivity (Wildman–Crippen MR) is 96.2 cm³/mol. The molecule has 4 heterocycles. The minimum atomic E-state index is 0.0835. The Bertz CT molecular complexity index is 821. The molecule has 0 saturated carbocycles. The molecule has 0 radical (unpaired) electrons. The van der Waals surface area contributed by atoms with Gasteiger partial charge < -0.3 is 9.88 Å². The van der Waals surface area contributed by atoms with Gasteiger partial charge in [-0.05, 0) is 44.0 Å². The summed E-state index contributed by atoms with van der Waals surface area (Å²) in [5.41, 5.74) is 2.11. The molecule has 0 spiro atoms. The summed E-state index contributed by atoms with van der Waals surface area (Å²) >= 11 is 0. The zero-order valence-corrected chi connectivity index (χ0v) is 14.4. The highest BCUT2D eigenvalue weighted by Gasteiger charge is 2.27. The van der Waals surface area contributed by atoms with Crippen LogP contribution in [0.1, 0.15) is 43.8 Å².